The van der Waals surface area contributed by atoms with E-state index in [2.05, 4.69) is 23.7 Å². The van der Waals surface area contributed by atoms with Gasteiger partial charge >= 0.3 is 0 Å². The van der Waals surface area contributed by atoms with Gasteiger partial charge in [-0.15, -0.1) is 11.3 Å². The van der Waals surface area contributed by atoms with Crippen molar-refractivity contribution in [2.45, 2.75) is 45.1 Å². The standard InChI is InChI=1S/C13H23N3S/c1-10(2)16-7-4-11(5-8-16)13-15-9-12(17-13)3-6-14/h9-11H,3-8,14H2,1-2H3. The highest BCUT2D eigenvalue weighted by molar-refractivity contribution is 7.11. The fraction of sp³-hybridized carbons (Fsp3) is 0.769. The van der Waals surface area contributed by atoms with E-state index in [1.807, 2.05) is 17.5 Å². The molecule has 4 heteroatoms. The molecule has 17 heavy (non-hydrogen) atoms. The lowest BCUT2D eigenvalue weighted by molar-refractivity contribution is 0.172. The maximum absolute atomic E-state index is 5.57. The molecule has 0 amide bonds. The van der Waals surface area contributed by atoms with Crippen LogP contribution in [0.5, 0.6) is 0 Å². The van der Waals surface area contributed by atoms with Crippen LogP contribution in [0.4, 0.5) is 0 Å². The molecule has 0 spiro atoms. The Hall–Kier alpha value is -0.450. The van der Waals surface area contributed by atoms with Crippen LogP contribution in [0.3, 0.4) is 0 Å². The van der Waals surface area contributed by atoms with E-state index in [9.17, 15) is 0 Å². The summed E-state index contributed by atoms with van der Waals surface area (Å²) >= 11 is 1.86. The number of rotatable bonds is 4. The van der Waals surface area contributed by atoms with Crippen LogP contribution in [0.1, 0.15) is 42.5 Å². The van der Waals surface area contributed by atoms with Crippen molar-refractivity contribution >= 4 is 11.3 Å². The third-order valence-electron chi connectivity index (χ3n) is 3.57. The first kappa shape index (κ1) is 13.0. The zero-order valence-electron chi connectivity index (χ0n) is 10.9. The third kappa shape index (κ3) is 3.27. The predicted octanol–water partition coefficient (Wildman–Crippen LogP) is 2.23. The van der Waals surface area contributed by atoms with Crippen LogP contribution in [-0.4, -0.2) is 35.6 Å². The summed E-state index contributed by atoms with van der Waals surface area (Å²) in [6, 6.07) is 0.681. The molecule has 0 radical (unpaired) electrons. The molecule has 0 atom stereocenters. The largest absolute Gasteiger partial charge is 0.330 e. The van der Waals surface area contributed by atoms with Gasteiger partial charge in [0.1, 0.15) is 0 Å². The molecule has 1 aromatic heterocycles. The number of hydrogen-bond acceptors (Lipinski definition) is 4. The minimum atomic E-state index is 0.681. The van der Waals surface area contributed by atoms with E-state index in [4.69, 9.17) is 5.73 Å². The van der Waals surface area contributed by atoms with Crippen LogP contribution in [0, 0.1) is 0 Å². The molecule has 0 bridgehead atoms. The van der Waals surface area contributed by atoms with Crippen molar-refractivity contribution in [1.82, 2.24) is 9.88 Å². The zero-order valence-corrected chi connectivity index (χ0v) is 11.7. The van der Waals surface area contributed by atoms with E-state index in [1.54, 1.807) is 0 Å². The molecule has 0 unspecified atom stereocenters. The fourth-order valence-corrected chi connectivity index (χ4v) is 3.53. The molecule has 0 aromatic carbocycles. The summed E-state index contributed by atoms with van der Waals surface area (Å²) in [6.07, 6.45) is 5.51. The number of thiazole rings is 1. The highest BCUT2D eigenvalue weighted by Crippen LogP contribution is 2.31. The highest BCUT2D eigenvalue weighted by Gasteiger charge is 2.23. The predicted molar refractivity (Wildman–Crippen MR) is 73.6 cm³/mol. The van der Waals surface area contributed by atoms with Crippen LogP contribution in [-0.2, 0) is 6.42 Å². The Balaban J connectivity index is 1.91. The van der Waals surface area contributed by atoms with Crippen molar-refractivity contribution < 1.29 is 0 Å². The molecule has 1 aromatic rings. The van der Waals surface area contributed by atoms with E-state index in [1.165, 1.54) is 35.8 Å². The van der Waals surface area contributed by atoms with Gasteiger partial charge in [0.2, 0.25) is 0 Å². The lowest BCUT2D eigenvalue weighted by Crippen LogP contribution is -2.37. The average Bonchev–Trinajstić information content (AvgIpc) is 2.78. The Morgan fingerprint density at radius 3 is 2.76 bits per heavy atom. The summed E-state index contributed by atoms with van der Waals surface area (Å²) < 4.78 is 0. The van der Waals surface area contributed by atoms with Crippen LogP contribution in [0.2, 0.25) is 0 Å². The van der Waals surface area contributed by atoms with E-state index >= 15 is 0 Å². The number of likely N-dealkylation sites (tertiary alicyclic amines) is 1. The van der Waals surface area contributed by atoms with Crippen molar-refractivity contribution in [1.29, 1.82) is 0 Å². The molecule has 1 aliphatic rings. The van der Waals surface area contributed by atoms with Crippen LogP contribution in [0.15, 0.2) is 6.20 Å². The summed E-state index contributed by atoms with van der Waals surface area (Å²) in [4.78, 5) is 8.47. The Labute approximate surface area is 108 Å². The van der Waals surface area contributed by atoms with Gasteiger partial charge in [-0.25, -0.2) is 4.98 Å². The lowest BCUT2D eigenvalue weighted by Gasteiger charge is -2.33. The lowest BCUT2D eigenvalue weighted by atomic mass is 9.97. The van der Waals surface area contributed by atoms with Crippen molar-refractivity contribution in [3.05, 3.63) is 16.1 Å². The fourth-order valence-electron chi connectivity index (χ4n) is 2.43. The quantitative estimate of drug-likeness (QED) is 0.895. The Morgan fingerprint density at radius 2 is 2.18 bits per heavy atom. The zero-order chi connectivity index (χ0) is 12.3. The first-order valence-electron chi connectivity index (χ1n) is 6.59. The SMILES string of the molecule is CC(C)N1CCC(c2ncc(CCN)s2)CC1. The molecule has 3 nitrogen and oxygen atoms in total. The molecule has 1 saturated heterocycles. The van der Waals surface area contributed by atoms with E-state index in [0.29, 0.717) is 12.0 Å². The van der Waals surface area contributed by atoms with E-state index in [-0.39, 0.29) is 0 Å². The van der Waals surface area contributed by atoms with Gasteiger partial charge in [-0.05, 0) is 52.7 Å². The van der Waals surface area contributed by atoms with Crippen LogP contribution >= 0.6 is 11.3 Å². The van der Waals surface area contributed by atoms with E-state index < -0.39 is 0 Å². The number of nitrogens with zero attached hydrogens (tertiary/aromatic N) is 2. The Kier molecular flexibility index (Phi) is 4.54. The molecule has 0 saturated carbocycles. The normalized spacial score (nSPS) is 19.1. The first-order valence-corrected chi connectivity index (χ1v) is 7.41. The number of piperidine rings is 1. The maximum atomic E-state index is 5.57. The van der Waals surface area contributed by atoms with Gasteiger partial charge in [-0.2, -0.15) is 0 Å². The summed E-state index contributed by atoms with van der Waals surface area (Å²) in [6.45, 7) is 7.72. The Morgan fingerprint density at radius 1 is 1.47 bits per heavy atom. The highest BCUT2D eigenvalue weighted by atomic mass is 32.1. The number of aromatic nitrogens is 1. The van der Waals surface area contributed by atoms with Gasteiger partial charge < -0.3 is 10.6 Å². The second kappa shape index (κ2) is 5.94. The van der Waals surface area contributed by atoms with E-state index in [0.717, 1.165) is 13.0 Å². The number of hydrogen-bond donors (Lipinski definition) is 1. The molecule has 1 aliphatic heterocycles. The van der Waals surface area contributed by atoms with Crippen LogP contribution < -0.4 is 5.73 Å². The second-order valence-electron chi connectivity index (χ2n) is 5.11. The van der Waals surface area contributed by atoms with Crippen molar-refractivity contribution in [2.24, 2.45) is 5.73 Å². The molecule has 2 N–H and O–H groups in total. The average molecular weight is 253 g/mol. The minimum absolute atomic E-state index is 0.681. The van der Waals surface area contributed by atoms with Gasteiger partial charge in [0.25, 0.3) is 0 Å². The van der Waals surface area contributed by atoms with Crippen molar-refractivity contribution in [3.8, 4) is 0 Å². The molecule has 0 aliphatic carbocycles. The number of nitrogens with two attached hydrogens (primary N) is 1. The van der Waals surface area contributed by atoms with Gasteiger partial charge in [0.15, 0.2) is 0 Å². The summed E-state index contributed by atoms with van der Waals surface area (Å²) in [5.74, 6) is 0.682. The van der Waals surface area contributed by atoms with Gasteiger partial charge in [0.05, 0.1) is 5.01 Å². The summed E-state index contributed by atoms with van der Waals surface area (Å²) in [5, 5.41) is 1.33. The third-order valence-corrected chi connectivity index (χ3v) is 4.79. The Bertz CT molecular complexity index is 340. The molecular formula is C13H23N3S. The molecule has 2 heterocycles. The van der Waals surface area contributed by atoms with Crippen LogP contribution in [0.25, 0.3) is 0 Å². The summed E-state index contributed by atoms with van der Waals surface area (Å²) in [7, 11) is 0. The molecule has 2 rings (SSSR count). The van der Waals surface area contributed by atoms with Gasteiger partial charge in [-0.3, -0.25) is 0 Å². The summed E-state index contributed by atoms with van der Waals surface area (Å²) in [5.41, 5.74) is 5.57. The maximum Gasteiger partial charge on any atom is 0.0959 e. The van der Waals surface area contributed by atoms with Crippen molar-refractivity contribution in [3.63, 3.8) is 0 Å². The van der Waals surface area contributed by atoms with Crippen molar-refractivity contribution in [2.75, 3.05) is 19.6 Å². The monoisotopic (exact) mass is 253 g/mol. The first-order chi connectivity index (χ1) is 8.20. The second-order valence-corrected chi connectivity index (χ2v) is 6.25. The van der Waals surface area contributed by atoms with Gasteiger partial charge in [-0.1, -0.05) is 0 Å². The van der Waals surface area contributed by atoms with Gasteiger partial charge in [0, 0.05) is 23.0 Å². The smallest absolute Gasteiger partial charge is 0.0959 e. The molecule has 96 valence electrons. The molecule has 1 fully saturated rings. The minimum Gasteiger partial charge on any atom is -0.330 e. The molecular weight excluding hydrogens is 230 g/mol. The topological polar surface area (TPSA) is 42.2 Å².